The molecular weight excluding hydrogens is 316 g/mol. The van der Waals surface area contributed by atoms with Gasteiger partial charge in [-0.15, -0.1) is 0 Å². The van der Waals surface area contributed by atoms with Gasteiger partial charge in [0.1, 0.15) is 6.54 Å². The Bertz CT molecular complexity index is 872. The molecule has 2 N–H and O–H groups in total. The monoisotopic (exact) mass is 336 g/mol. The second kappa shape index (κ2) is 6.64. The molecule has 1 atom stereocenters. The van der Waals surface area contributed by atoms with Crippen LogP contribution in [0.2, 0.25) is 0 Å². The number of hydrogen-bond donors (Lipinski definition) is 2. The van der Waals surface area contributed by atoms with Gasteiger partial charge in [-0.05, 0) is 42.5 Å². The zero-order valence-electron chi connectivity index (χ0n) is 13.7. The van der Waals surface area contributed by atoms with Crippen molar-refractivity contribution in [1.29, 1.82) is 0 Å². The van der Waals surface area contributed by atoms with Crippen molar-refractivity contribution < 1.29 is 9.90 Å². The molecule has 2 aromatic heterocycles. The summed E-state index contributed by atoms with van der Waals surface area (Å²) in [5.74, 6) is 0.128. The molecule has 6 heteroatoms. The maximum Gasteiger partial charge on any atom is 0.242 e. The van der Waals surface area contributed by atoms with Crippen LogP contribution in [0, 0.1) is 5.92 Å². The third-order valence-electron chi connectivity index (χ3n) is 4.77. The van der Waals surface area contributed by atoms with E-state index < -0.39 is 0 Å². The SMILES string of the molecule is O=C(Cn1cccn1)N[C@H](c1cnc2ccccc2c1)C1CC(O)C1. The van der Waals surface area contributed by atoms with Gasteiger partial charge in [-0.25, -0.2) is 0 Å². The maximum atomic E-state index is 12.4. The Hall–Kier alpha value is -2.73. The molecule has 1 aromatic carbocycles. The van der Waals surface area contributed by atoms with Crippen LogP contribution in [0.5, 0.6) is 0 Å². The Labute approximate surface area is 145 Å². The van der Waals surface area contributed by atoms with Crippen molar-refractivity contribution in [1.82, 2.24) is 20.1 Å². The summed E-state index contributed by atoms with van der Waals surface area (Å²) >= 11 is 0. The van der Waals surface area contributed by atoms with Crippen LogP contribution in [0.3, 0.4) is 0 Å². The summed E-state index contributed by atoms with van der Waals surface area (Å²) in [5.41, 5.74) is 1.91. The Morgan fingerprint density at radius 2 is 2.16 bits per heavy atom. The highest BCUT2D eigenvalue weighted by Crippen LogP contribution is 2.38. The van der Waals surface area contributed by atoms with E-state index in [2.05, 4.69) is 21.5 Å². The van der Waals surface area contributed by atoms with E-state index in [9.17, 15) is 9.90 Å². The number of nitrogens with zero attached hydrogens (tertiary/aromatic N) is 3. The lowest BCUT2D eigenvalue weighted by Crippen LogP contribution is -2.42. The zero-order valence-corrected chi connectivity index (χ0v) is 13.7. The molecule has 1 amide bonds. The van der Waals surface area contributed by atoms with E-state index in [0.717, 1.165) is 16.5 Å². The number of para-hydroxylation sites is 1. The van der Waals surface area contributed by atoms with E-state index in [1.807, 2.05) is 30.5 Å². The average molecular weight is 336 g/mol. The molecule has 6 nitrogen and oxygen atoms in total. The van der Waals surface area contributed by atoms with Crippen molar-refractivity contribution in [3.63, 3.8) is 0 Å². The largest absolute Gasteiger partial charge is 0.393 e. The normalized spacial score (nSPS) is 20.8. The smallest absolute Gasteiger partial charge is 0.242 e. The van der Waals surface area contributed by atoms with E-state index in [1.165, 1.54) is 0 Å². The van der Waals surface area contributed by atoms with Gasteiger partial charge in [0, 0.05) is 24.0 Å². The molecule has 1 saturated carbocycles. The lowest BCUT2D eigenvalue weighted by molar-refractivity contribution is -0.123. The fourth-order valence-electron chi connectivity index (χ4n) is 3.39. The highest BCUT2D eigenvalue weighted by atomic mass is 16.3. The molecule has 0 radical (unpaired) electrons. The molecule has 25 heavy (non-hydrogen) atoms. The molecule has 0 bridgehead atoms. The van der Waals surface area contributed by atoms with Gasteiger partial charge in [-0.2, -0.15) is 5.10 Å². The Kier molecular flexibility index (Phi) is 4.19. The van der Waals surface area contributed by atoms with Crippen LogP contribution in [-0.4, -0.2) is 31.9 Å². The number of pyridine rings is 1. The van der Waals surface area contributed by atoms with Gasteiger partial charge in [-0.3, -0.25) is 14.5 Å². The van der Waals surface area contributed by atoms with E-state index in [1.54, 1.807) is 23.1 Å². The first-order valence-electron chi connectivity index (χ1n) is 8.48. The van der Waals surface area contributed by atoms with Crippen LogP contribution in [-0.2, 0) is 11.3 Å². The van der Waals surface area contributed by atoms with Gasteiger partial charge in [0.15, 0.2) is 0 Å². The predicted octanol–water partition coefficient (Wildman–Crippen LogP) is 2.06. The quantitative estimate of drug-likeness (QED) is 0.747. The number of fused-ring (bicyclic) bond motifs is 1. The fourth-order valence-corrected chi connectivity index (χ4v) is 3.39. The van der Waals surface area contributed by atoms with E-state index in [0.29, 0.717) is 12.8 Å². The van der Waals surface area contributed by atoms with Gasteiger partial charge < -0.3 is 10.4 Å². The standard InChI is InChI=1S/C19H20N4O2/c24-16-9-14(10-16)19(22-18(25)12-23-7-3-6-21-23)15-8-13-4-1-2-5-17(13)20-11-15/h1-8,11,14,16,19,24H,9-10,12H2,(H,22,25)/t14?,16?,19-/m0/s1. The number of amides is 1. The summed E-state index contributed by atoms with van der Waals surface area (Å²) in [6.45, 7) is 0.180. The molecular formula is C19H20N4O2. The first-order valence-corrected chi connectivity index (χ1v) is 8.48. The van der Waals surface area contributed by atoms with Gasteiger partial charge >= 0.3 is 0 Å². The maximum absolute atomic E-state index is 12.4. The molecule has 1 aliphatic carbocycles. The third kappa shape index (κ3) is 3.39. The van der Waals surface area contributed by atoms with E-state index in [4.69, 9.17) is 0 Å². The Balaban J connectivity index is 1.57. The minimum Gasteiger partial charge on any atom is -0.393 e. The fraction of sp³-hybridized carbons (Fsp3) is 0.316. The number of hydrogen-bond acceptors (Lipinski definition) is 4. The Morgan fingerprint density at radius 1 is 1.32 bits per heavy atom. The second-order valence-corrected chi connectivity index (χ2v) is 6.60. The molecule has 128 valence electrons. The Morgan fingerprint density at radius 3 is 2.92 bits per heavy atom. The minimum atomic E-state index is -0.274. The second-order valence-electron chi connectivity index (χ2n) is 6.60. The molecule has 3 aromatic rings. The molecule has 1 aliphatic rings. The topological polar surface area (TPSA) is 80.0 Å². The number of nitrogens with one attached hydrogen (secondary N) is 1. The summed E-state index contributed by atoms with van der Waals surface area (Å²) in [5, 5.41) is 17.9. The third-order valence-corrected chi connectivity index (χ3v) is 4.77. The van der Waals surface area contributed by atoms with Crippen molar-refractivity contribution in [3.8, 4) is 0 Å². The molecule has 0 saturated heterocycles. The number of aliphatic hydroxyl groups is 1. The number of aliphatic hydroxyl groups excluding tert-OH is 1. The predicted molar refractivity (Wildman–Crippen MR) is 93.6 cm³/mol. The van der Waals surface area contributed by atoms with Crippen molar-refractivity contribution in [2.24, 2.45) is 5.92 Å². The molecule has 2 heterocycles. The van der Waals surface area contributed by atoms with Gasteiger partial charge in [0.05, 0.1) is 17.7 Å². The number of carbonyl (C=O) groups is 1. The number of aromatic nitrogens is 3. The average Bonchev–Trinajstić information content (AvgIpc) is 3.09. The van der Waals surface area contributed by atoms with Crippen molar-refractivity contribution in [2.75, 3.05) is 0 Å². The van der Waals surface area contributed by atoms with Crippen LogP contribution >= 0.6 is 0 Å². The first-order chi connectivity index (χ1) is 12.2. The van der Waals surface area contributed by atoms with Crippen molar-refractivity contribution in [3.05, 3.63) is 60.6 Å². The van der Waals surface area contributed by atoms with Crippen molar-refractivity contribution >= 4 is 16.8 Å². The van der Waals surface area contributed by atoms with Crippen LogP contribution in [0.25, 0.3) is 10.9 Å². The summed E-state index contributed by atoms with van der Waals surface area (Å²) in [6.07, 6.45) is 6.36. The molecule has 0 unspecified atom stereocenters. The van der Waals surface area contributed by atoms with Gasteiger partial charge in [-0.1, -0.05) is 18.2 Å². The van der Waals surface area contributed by atoms with Gasteiger partial charge in [0.2, 0.25) is 5.91 Å². The minimum absolute atomic E-state index is 0.0942. The van der Waals surface area contributed by atoms with E-state index in [-0.39, 0.29) is 30.5 Å². The highest BCUT2D eigenvalue weighted by molar-refractivity contribution is 5.79. The number of benzene rings is 1. The van der Waals surface area contributed by atoms with Crippen LogP contribution in [0.4, 0.5) is 0 Å². The molecule has 1 fully saturated rings. The highest BCUT2D eigenvalue weighted by Gasteiger charge is 2.35. The summed E-state index contributed by atoms with van der Waals surface area (Å²) in [4.78, 5) is 16.9. The summed E-state index contributed by atoms with van der Waals surface area (Å²) in [7, 11) is 0. The number of carbonyl (C=O) groups excluding carboxylic acids is 1. The summed E-state index contributed by atoms with van der Waals surface area (Å²) < 4.78 is 1.60. The first kappa shape index (κ1) is 15.8. The lowest BCUT2D eigenvalue weighted by atomic mass is 9.75. The number of rotatable bonds is 5. The molecule has 0 spiro atoms. The van der Waals surface area contributed by atoms with Crippen LogP contribution in [0.15, 0.2) is 55.0 Å². The summed E-state index contributed by atoms with van der Waals surface area (Å²) in [6, 6.07) is 11.6. The van der Waals surface area contributed by atoms with Crippen molar-refractivity contribution in [2.45, 2.75) is 31.5 Å². The van der Waals surface area contributed by atoms with Crippen LogP contribution in [0.1, 0.15) is 24.4 Å². The lowest BCUT2D eigenvalue weighted by Gasteiger charge is -2.38. The van der Waals surface area contributed by atoms with Crippen LogP contribution < -0.4 is 5.32 Å². The van der Waals surface area contributed by atoms with Gasteiger partial charge in [0.25, 0.3) is 0 Å². The van der Waals surface area contributed by atoms with E-state index >= 15 is 0 Å². The molecule has 4 rings (SSSR count). The zero-order chi connectivity index (χ0) is 17.2. The molecule has 0 aliphatic heterocycles.